The van der Waals surface area contributed by atoms with Gasteiger partial charge in [-0.15, -0.1) is 0 Å². The minimum Gasteiger partial charge on any atom is -0.496 e. The van der Waals surface area contributed by atoms with Gasteiger partial charge in [-0.2, -0.15) is 0 Å². The van der Waals surface area contributed by atoms with E-state index in [1.165, 1.54) is 11.1 Å². The van der Waals surface area contributed by atoms with Gasteiger partial charge in [0.15, 0.2) is 0 Å². The van der Waals surface area contributed by atoms with E-state index in [1.807, 2.05) is 24.3 Å². The summed E-state index contributed by atoms with van der Waals surface area (Å²) in [5.74, 6) is 0.955. The average molecular weight is 304 g/mol. The second-order valence-corrected chi connectivity index (χ2v) is 5.54. The number of hydrogen-bond acceptors (Lipinski definition) is 2. The molecule has 1 unspecified atom stereocenters. The molecule has 0 aliphatic carbocycles. The fraction of sp³-hybridized carbons (Fsp3) is 0.333. The fourth-order valence-corrected chi connectivity index (χ4v) is 2.67. The van der Waals surface area contributed by atoms with Gasteiger partial charge in [-0.3, -0.25) is 0 Å². The van der Waals surface area contributed by atoms with Gasteiger partial charge in [0.1, 0.15) is 5.75 Å². The summed E-state index contributed by atoms with van der Waals surface area (Å²) in [5.41, 5.74) is 2.53. The first-order valence-corrected chi connectivity index (χ1v) is 7.70. The third kappa shape index (κ3) is 4.76. The maximum Gasteiger partial charge on any atom is 0.122 e. The SMILES string of the molecule is CCNC(Cc1ccc(Cl)cc1)Cc1ccccc1OC. The molecular formula is C18H22ClNO. The van der Waals surface area contributed by atoms with Crippen molar-refractivity contribution >= 4 is 11.6 Å². The first kappa shape index (κ1) is 15.9. The molecule has 0 bridgehead atoms. The summed E-state index contributed by atoms with van der Waals surface area (Å²) < 4.78 is 5.45. The molecule has 0 aliphatic rings. The molecular weight excluding hydrogens is 282 g/mol. The van der Waals surface area contributed by atoms with Gasteiger partial charge in [-0.05, 0) is 48.7 Å². The van der Waals surface area contributed by atoms with Crippen molar-refractivity contribution in [2.45, 2.75) is 25.8 Å². The summed E-state index contributed by atoms with van der Waals surface area (Å²) >= 11 is 5.95. The Bertz CT molecular complexity index is 553. The Morgan fingerprint density at radius 1 is 1.05 bits per heavy atom. The van der Waals surface area contributed by atoms with E-state index in [2.05, 4.69) is 36.5 Å². The van der Waals surface area contributed by atoms with Crippen LogP contribution in [0.3, 0.4) is 0 Å². The van der Waals surface area contributed by atoms with E-state index in [0.717, 1.165) is 30.2 Å². The van der Waals surface area contributed by atoms with Crippen LogP contribution in [0.5, 0.6) is 5.75 Å². The van der Waals surface area contributed by atoms with Crippen LogP contribution in [-0.2, 0) is 12.8 Å². The lowest BCUT2D eigenvalue weighted by molar-refractivity contribution is 0.404. The van der Waals surface area contributed by atoms with Crippen LogP contribution in [0.4, 0.5) is 0 Å². The standard InChI is InChI=1S/C18H22ClNO/c1-3-20-17(12-14-8-10-16(19)11-9-14)13-15-6-4-5-7-18(15)21-2/h4-11,17,20H,3,12-13H2,1-2H3. The number of likely N-dealkylation sites (N-methyl/N-ethyl adjacent to an activating group) is 1. The van der Waals surface area contributed by atoms with Gasteiger partial charge in [0.2, 0.25) is 0 Å². The zero-order valence-electron chi connectivity index (χ0n) is 12.6. The number of hydrogen-bond donors (Lipinski definition) is 1. The van der Waals surface area contributed by atoms with Crippen LogP contribution in [0.15, 0.2) is 48.5 Å². The van der Waals surface area contributed by atoms with Gasteiger partial charge in [0, 0.05) is 11.1 Å². The Morgan fingerprint density at radius 3 is 2.43 bits per heavy atom. The molecule has 1 N–H and O–H groups in total. The van der Waals surface area contributed by atoms with Crippen molar-refractivity contribution in [1.82, 2.24) is 5.32 Å². The molecule has 0 amide bonds. The molecule has 0 fully saturated rings. The molecule has 0 spiro atoms. The van der Waals surface area contributed by atoms with E-state index in [9.17, 15) is 0 Å². The molecule has 21 heavy (non-hydrogen) atoms. The van der Waals surface area contributed by atoms with Crippen LogP contribution < -0.4 is 10.1 Å². The maximum absolute atomic E-state index is 5.95. The Balaban J connectivity index is 2.09. The van der Waals surface area contributed by atoms with Gasteiger partial charge < -0.3 is 10.1 Å². The van der Waals surface area contributed by atoms with E-state index in [0.29, 0.717) is 6.04 Å². The van der Waals surface area contributed by atoms with Crippen LogP contribution >= 0.6 is 11.6 Å². The number of benzene rings is 2. The predicted molar refractivity (Wildman–Crippen MR) is 89.3 cm³/mol. The van der Waals surface area contributed by atoms with Gasteiger partial charge >= 0.3 is 0 Å². The molecule has 0 saturated carbocycles. The number of rotatable bonds is 7. The fourth-order valence-electron chi connectivity index (χ4n) is 2.55. The Kier molecular flexibility index (Phi) is 6.09. The van der Waals surface area contributed by atoms with E-state index < -0.39 is 0 Å². The minimum absolute atomic E-state index is 0.382. The number of para-hydroxylation sites is 1. The number of methoxy groups -OCH3 is 1. The summed E-state index contributed by atoms with van der Waals surface area (Å²) in [7, 11) is 1.72. The van der Waals surface area contributed by atoms with Gasteiger partial charge in [0.05, 0.1) is 7.11 Å². The quantitative estimate of drug-likeness (QED) is 0.831. The minimum atomic E-state index is 0.382. The van der Waals surface area contributed by atoms with Gasteiger partial charge in [-0.25, -0.2) is 0 Å². The van der Waals surface area contributed by atoms with Crippen LogP contribution in [0.2, 0.25) is 5.02 Å². The molecule has 0 aromatic heterocycles. The van der Waals surface area contributed by atoms with Gasteiger partial charge in [0.25, 0.3) is 0 Å². The molecule has 2 rings (SSSR count). The predicted octanol–water partition coefficient (Wildman–Crippen LogP) is 4.11. The van der Waals surface area contributed by atoms with E-state index in [4.69, 9.17) is 16.3 Å². The van der Waals surface area contributed by atoms with Crippen LogP contribution in [0.25, 0.3) is 0 Å². The summed E-state index contributed by atoms with van der Waals surface area (Å²) in [5, 5.41) is 4.34. The molecule has 1 atom stereocenters. The molecule has 0 saturated heterocycles. The number of halogens is 1. The van der Waals surface area contributed by atoms with Crippen molar-refractivity contribution in [1.29, 1.82) is 0 Å². The Hall–Kier alpha value is -1.51. The molecule has 0 aliphatic heterocycles. The van der Waals surface area contributed by atoms with Crippen molar-refractivity contribution in [3.8, 4) is 5.75 Å². The third-order valence-electron chi connectivity index (χ3n) is 3.55. The summed E-state index contributed by atoms with van der Waals surface area (Å²) in [6.07, 6.45) is 1.92. The molecule has 2 nitrogen and oxygen atoms in total. The molecule has 112 valence electrons. The molecule has 3 heteroatoms. The smallest absolute Gasteiger partial charge is 0.122 e. The normalized spacial score (nSPS) is 12.1. The van der Waals surface area contributed by atoms with Crippen molar-refractivity contribution in [3.63, 3.8) is 0 Å². The molecule has 0 radical (unpaired) electrons. The van der Waals surface area contributed by atoms with Crippen molar-refractivity contribution < 1.29 is 4.74 Å². The van der Waals surface area contributed by atoms with Crippen LogP contribution in [0, 0.1) is 0 Å². The third-order valence-corrected chi connectivity index (χ3v) is 3.80. The largest absolute Gasteiger partial charge is 0.496 e. The summed E-state index contributed by atoms with van der Waals surface area (Å²) in [4.78, 5) is 0. The second kappa shape index (κ2) is 8.06. The monoisotopic (exact) mass is 303 g/mol. The average Bonchev–Trinajstić information content (AvgIpc) is 2.50. The Labute approximate surface area is 132 Å². The second-order valence-electron chi connectivity index (χ2n) is 5.10. The van der Waals surface area contributed by atoms with Crippen LogP contribution in [-0.4, -0.2) is 19.7 Å². The summed E-state index contributed by atoms with van der Waals surface area (Å²) in [6, 6.07) is 16.7. The number of ether oxygens (including phenoxy) is 1. The highest BCUT2D eigenvalue weighted by Crippen LogP contribution is 2.20. The van der Waals surface area contributed by atoms with Crippen molar-refractivity contribution in [2.75, 3.05) is 13.7 Å². The lowest BCUT2D eigenvalue weighted by Gasteiger charge is -2.19. The summed E-state index contributed by atoms with van der Waals surface area (Å²) in [6.45, 7) is 3.09. The van der Waals surface area contributed by atoms with Crippen LogP contribution in [0.1, 0.15) is 18.1 Å². The lowest BCUT2D eigenvalue weighted by Crippen LogP contribution is -2.33. The molecule has 2 aromatic rings. The molecule has 2 aromatic carbocycles. The highest BCUT2D eigenvalue weighted by atomic mass is 35.5. The molecule has 0 heterocycles. The maximum atomic E-state index is 5.95. The lowest BCUT2D eigenvalue weighted by atomic mass is 9.98. The van der Waals surface area contributed by atoms with E-state index >= 15 is 0 Å². The van der Waals surface area contributed by atoms with Gasteiger partial charge in [-0.1, -0.05) is 48.9 Å². The van der Waals surface area contributed by atoms with Crippen molar-refractivity contribution in [2.24, 2.45) is 0 Å². The zero-order valence-corrected chi connectivity index (χ0v) is 13.4. The highest BCUT2D eigenvalue weighted by molar-refractivity contribution is 6.30. The van der Waals surface area contributed by atoms with E-state index in [-0.39, 0.29) is 0 Å². The van der Waals surface area contributed by atoms with Crippen molar-refractivity contribution in [3.05, 3.63) is 64.7 Å². The first-order valence-electron chi connectivity index (χ1n) is 7.32. The number of nitrogens with one attached hydrogen (secondary N) is 1. The van der Waals surface area contributed by atoms with E-state index in [1.54, 1.807) is 7.11 Å². The topological polar surface area (TPSA) is 21.3 Å². The first-order chi connectivity index (χ1) is 10.2. The Morgan fingerprint density at radius 2 is 1.76 bits per heavy atom. The zero-order chi connectivity index (χ0) is 15.1. The highest BCUT2D eigenvalue weighted by Gasteiger charge is 2.12.